The highest BCUT2D eigenvalue weighted by Gasteiger charge is 2.21. The Kier molecular flexibility index (Phi) is 9.10. The van der Waals surface area contributed by atoms with E-state index in [2.05, 4.69) is 4.72 Å². The van der Waals surface area contributed by atoms with Crippen LogP contribution in [0.1, 0.15) is 50.5 Å². The molecule has 0 atom stereocenters. The van der Waals surface area contributed by atoms with Gasteiger partial charge in [0.2, 0.25) is 10.0 Å². The molecule has 0 aliphatic heterocycles. The van der Waals surface area contributed by atoms with Crippen molar-refractivity contribution in [3.8, 4) is 0 Å². The third kappa shape index (κ3) is 7.24. The van der Waals surface area contributed by atoms with E-state index in [1.807, 2.05) is 27.7 Å². The molecule has 1 N–H and O–H groups in total. The van der Waals surface area contributed by atoms with Crippen molar-refractivity contribution in [2.45, 2.75) is 46.4 Å². The Balaban J connectivity index is 2.91. The largest absolute Gasteiger partial charge is 0.452 e. The fraction of sp³-hybridized carbons (Fsp3) is 0.600. The van der Waals surface area contributed by atoms with Crippen LogP contribution in [0.5, 0.6) is 0 Å². The number of nitrogens with one attached hydrogen (secondary N) is 1. The maximum absolute atomic E-state index is 12.5. The molecule has 8 heteroatoms. The van der Waals surface area contributed by atoms with Crippen LogP contribution in [-0.2, 0) is 19.6 Å². The molecule has 28 heavy (non-hydrogen) atoms. The van der Waals surface area contributed by atoms with Gasteiger partial charge in [-0.25, -0.2) is 17.9 Å². The number of aryl methyl sites for hydroxylation is 1. The molecule has 1 rings (SSSR count). The summed E-state index contributed by atoms with van der Waals surface area (Å²) >= 11 is 0. The standard InChI is InChI=1S/C20H32N2O5S/c1-7-21-28(25,26)17-9-8-16(6)18(10-17)20(24)27-13-19(23)22(11-14(2)3)12-15(4)5/h8-10,14-15,21H,7,11-13H2,1-6H3. The van der Waals surface area contributed by atoms with Gasteiger partial charge in [0.25, 0.3) is 5.91 Å². The summed E-state index contributed by atoms with van der Waals surface area (Å²) < 4.78 is 31.9. The number of hydrogen-bond acceptors (Lipinski definition) is 5. The van der Waals surface area contributed by atoms with Crippen LogP contribution in [0, 0.1) is 18.8 Å². The highest BCUT2D eigenvalue weighted by Crippen LogP contribution is 2.17. The highest BCUT2D eigenvalue weighted by molar-refractivity contribution is 7.89. The third-order valence-corrected chi connectivity index (χ3v) is 5.47. The Morgan fingerprint density at radius 2 is 1.68 bits per heavy atom. The fourth-order valence-corrected chi connectivity index (χ4v) is 3.78. The van der Waals surface area contributed by atoms with Crippen LogP contribution >= 0.6 is 0 Å². The third-order valence-electron chi connectivity index (χ3n) is 3.92. The Hall–Kier alpha value is -1.93. The lowest BCUT2D eigenvalue weighted by Crippen LogP contribution is -2.39. The van der Waals surface area contributed by atoms with Gasteiger partial charge in [0.1, 0.15) is 0 Å². The number of sulfonamides is 1. The first-order chi connectivity index (χ1) is 13.0. The second kappa shape index (κ2) is 10.6. The van der Waals surface area contributed by atoms with Crippen molar-refractivity contribution in [1.82, 2.24) is 9.62 Å². The molecule has 0 aliphatic rings. The van der Waals surface area contributed by atoms with Gasteiger partial charge in [0.15, 0.2) is 6.61 Å². The van der Waals surface area contributed by atoms with E-state index in [0.717, 1.165) is 0 Å². The first-order valence-electron chi connectivity index (χ1n) is 9.53. The minimum Gasteiger partial charge on any atom is -0.452 e. The van der Waals surface area contributed by atoms with Gasteiger partial charge in [-0.15, -0.1) is 0 Å². The number of benzene rings is 1. The van der Waals surface area contributed by atoms with Crippen LogP contribution in [0.25, 0.3) is 0 Å². The number of hydrogen-bond donors (Lipinski definition) is 1. The van der Waals surface area contributed by atoms with Crippen molar-refractivity contribution in [2.75, 3.05) is 26.2 Å². The number of esters is 1. The summed E-state index contributed by atoms with van der Waals surface area (Å²) in [6.45, 7) is 12.5. The zero-order valence-corrected chi connectivity index (χ0v) is 18.4. The summed E-state index contributed by atoms with van der Waals surface area (Å²) in [6, 6.07) is 4.26. The summed E-state index contributed by atoms with van der Waals surface area (Å²) in [5, 5.41) is 0. The Bertz CT molecular complexity index is 778. The molecular weight excluding hydrogens is 380 g/mol. The van der Waals surface area contributed by atoms with E-state index in [1.54, 1.807) is 24.8 Å². The second-order valence-corrected chi connectivity index (χ2v) is 9.41. The van der Waals surface area contributed by atoms with E-state index in [0.29, 0.717) is 30.5 Å². The maximum atomic E-state index is 12.5. The van der Waals surface area contributed by atoms with E-state index >= 15 is 0 Å². The van der Waals surface area contributed by atoms with Crippen LogP contribution in [0.4, 0.5) is 0 Å². The normalized spacial score (nSPS) is 11.7. The Labute approximate surface area is 168 Å². The van der Waals surface area contributed by atoms with Crippen LogP contribution in [0.2, 0.25) is 0 Å². The van der Waals surface area contributed by atoms with Crippen molar-refractivity contribution in [3.63, 3.8) is 0 Å². The van der Waals surface area contributed by atoms with Crippen LogP contribution in [0.3, 0.4) is 0 Å². The van der Waals surface area contributed by atoms with Gasteiger partial charge in [-0.2, -0.15) is 0 Å². The van der Waals surface area contributed by atoms with Crippen LogP contribution in [0.15, 0.2) is 23.1 Å². The predicted octanol–water partition coefficient (Wildman–Crippen LogP) is 2.59. The van der Waals surface area contributed by atoms with Crippen molar-refractivity contribution < 1.29 is 22.7 Å². The summed E-state index contributed by atoms with van der Waals surface area (Å²) in [5.74, 6) is -0.375. The Morgan fingerprint density at radius 3 is 2.18 bits per heavy atom. The number of ether oxygens (including phenoxy) is 1. The molecule has 0 bridgehead atoms. The summed E-state index contributed by atoms with van der Waals surface area (Å²) in [4.78, 5) is 26.6. The number of amides is 1. The molecule has 0 aromatic heterocycles. The monoisotopic (exact) mass is 412 g/mol. The van der Waals surface area contributed by atoms with Crippen molar-refractivity contribution in [3.05, 3.63) is 29.3 Å². The van der Waals surface area contributed by atoms with Gasteiger partial charge in [-0.1, -0.05) is 40.7 Å². The molecule has 1 aromatic rings. The fourth-order valence-electron chi connectivity index (χ4n) is 2.72. The molecule has 1 amide bonds. The molecule has 0 radical (unpaired) electrons. The number of rotatable bonds is 10. The van der Waals surface area contributed by atoms with E-state index in [-0.39, 0.29) is 29.5 Å². The zero-order chi connectivity index (χ0) is 21.5. The van der Waals surface area contributed by atoms with Crippen molar-refractivity contribution >= 4 is 21.9 Å². The highest BCUT2D eigenvalue weighted by atomic mass is 32.2. The average Bonchev–Trinajstić information content (AvgIpc) is 2.58. The van der Waals surface area contributed by atoms with Gasteiger partial charge in [-0.05, 0) is 36.5 Å². The number of carbonyl (C=O) groups is 2. The topological polar surface area (TPSA) is 92.8 Å². The van der Waals surface area contributed by atoms with Gasteiger partial charge in [0, 0.05) is 19.6 Å². The summed E-state index contributed by atoms with van der Waals surface area (Å²) in [6.07, 6.45) is 0. The van der Waals surface area contributed by atoms with Crippen LogP contribution in [-0.4, -0.2) is 51.4 Å². The van der Waals surface area contributed by atoms with Gasteiger partial charge < -0.3 is 9.64 Å². The van der Waals surface area contributed by atoms with E-state index in [1.165, 1.54) is 12.1 Å². The molecule has 1 aromatic carbocycles. The van der Waals surface area contributed by atoms with Crippen molar-refractivity contribution in [2.24, 2.45) is 11.8 Å². The Morgan fingerprint density at radius 1 is 1.11 bits per heavy atom. The molecular formula is C20H32N2O5S. The van der Waals surface area contributed by atoms with Gasteiger partial charge in [0.05, 0.1) is 10.5 Å². The lowest BCUT2D eigenvalue weighted by atomic mass is 10.1. The van der Waals surface area contributed by atoms with E-state index < -0.39 is 16.0 Å². The maximum Gasteiger partial charge on any atom is 0.338 e. The lowest BCUT2D eigenvalue weighted by Gasteiger charge is -2.26. The zero-order valence-electron chi connectivity index (χ0n) is 17.6. The predicted molar refractivity (Wildman–Crippen MR) is 109 cm³/mol. The molecule has 0 fully saturated rings. The molecule has 158 valence electrons. The molecule has 0 heterocycles. The number of carbonyl (C=O) groups excluding carboxylic acids is 2. The minimum absolute atomic E-state index is 0.0144. The lowest BCUT2D eigenvalue weighted by molar-refractivity contribution is -0.135. The number of nitrogens with zero attached hydrogens (tertiary/aromatic N) is 1. The average molecular weight is 413 g/mol. The summed E-state index contributed by atoms with van der Waals surface area (Å²) in [5.41, 5.74) is 0.708. The molecule has 0 saturated carbocycles. The van der Waals surface area contributed by atoms with Crippen LogP contribution < -0.4 is 4.72 Å². The molecule has 0 unspecified atom stereocenters. The molecule has 7 nitrogen and oxygen atoms in total. The first-order valence-corrected chi connectivity index (χ1v) is 11.0. The van der Waals surface area contributed by atoms with E-state index in [4.69, 9.17) is 4.74 Å². The smallest absolute Gasteiger partial charge is 0.338 e. The van der Waals surface area contributed by atoms with Crippen molar-refractivity contribution in [1.29, 1.82) is 0 Å². The minimum atomic E-state index is -3.69. The second-order valence-electron chi connectivity index (χ2n) is 7.64. The van der Waals surface area contributed by atoms with Gasteiger partial charge in [-0.3, -0.25) is 4.79 Å². The molecule has 0 saturated heterocycles. The molecule has 0 spiro atoms. The quantitative estimate of drug-likeness (QED) is 0.596. The summed E-state index contributed by atoms with van der Waals surface area (Å²) in [7, 11) is -3.69. The van der Waals surface area contributed by atoms with Gasteiger partial charge >= 0.3 is 5.97 Å². The molecule has 0 aliphatic carbocycles. The first kappa shape index (κ1) is 24.1. The SMILES string of the molecule is CCNS(=O)(=O)c1ccc(C)c(C(=O)OCC(=O)N(CC(C)C)CC(C)C)c1. The van der Waals surface area contributed by atoms with E-state index in [9.17, 15) is 18.0 Å².